The van der Waals surface area contributed by atoms with Gasteiger partial charge in [0.15, 0.2) is 0 Å². The molecule has 1 rings (SSSR count). The van der Waals surface area contributed by atoms with Crippen molar-refractivity contribution in [2.24, 2.45) is 5.73 Å². The first-order chi connectivity index (χ1) is 9.53. The summed E-state index contributed by atoms with van der Waals surface area (Å²) in [5, 5.41) is 0. The highest BCUT2D eigenvalue weighted by atomic mass is 16.5. The number of likely N-dealkylation sites (N-methyl/N-ethyl adjacent to an activating group) is 1. The Labute approximate surface area is 124 Å². The molecule has 2 atom stereocenters. The fraction of sp³-hybridized carbons (Fsp3) is 0.647. The van der Waals surface area contributed by atoms with Gasteiger partial charge in [0.1, 0.15) is 5.75 Å². The van der Waals surface area contributed by atoms with Gasteiger partial charge < -0.3 is 10.5 Å². The first kappa shape index (κ1) is 17.0. The van der Waals surface area contributed by atoms with E-state index in [1.54, 1.807) is 0 Å². The van der Waals surface area contributed by atoms with Crippen LogP contribution in [0, 0.1) is 0 Å². The summed E-state index contributed by atoms with van der Waals surface area (Å²) in [7, 11) is 0. The van der Waals surface area contributed by atoms with Gasteiger partial charge in [-0.3, -0.25) is 4.90 Å². The van der Waals surface area contributed by atoms with E-state index >= 15 is 0 Å². The topological polar surface area (TPSA) is 38.5 Å². The van der Waals surface area contributed by atoms with Crippen LogP contribution in [-0.4, -0.2) is 30.1 Å². The third-order valence-corrected chi connectivity index (χ3v) is 3.76. The second-order valence-electron chi connectivity index (χ2n) is 5.58. The molecule has 2 N–H and O–H groups in total. The molecule has 1 aromatic carbocycles. The highest BCUT2D eigenvalue weighted by molar-refractivity contribution is 5.31. The lowest BCUT2D eigenvalue weighted by atomic mass is 10.0. The van der Waals surface area contributed by atoms with Crippen molar-refractivity contribution in [3.05, 3.63) is 29.8 Å². The number of hydrogen-bond donors (Lipinski definition) is 1. The van der Waals surface area contributed by atoms with Crippen molar-refractivity contribution in [2.45, 2.75) is 59.2 Å². The molecular formula is C17H30N2O. The van der Waals surface area contributed by atoms with Crippen molar-refractivity contribution in [3.8, 4) is 5.75 Å². The number of rotatable bonds is 8. The molecule has 0 bridgehead atoms. The Hall–Kier alpha value is -1.06. The fourth-order valence-electron chi connectivity index (χ4n) is 2.60. The van der Waals surface area contributed by atoms with Gasteiger partial charge in [-0.2, -0.15) is 0 Å². The summed E-state index contributed by atoms with van der Waals surface area (Å²) in [6, 6.07) is 9.13. The summed E-state index contributed by atoms with van der Waals surface area (Å²) >= 11 is 0. The molecule has 1 aromatic rings. The highest BCUT2D eigenvalue weighted by Gasteiger charge is 2.22. The molecule has 0 heterocycles. The number of ether oxygens (including phenoxy) is 1. The van der Waals surface area contributed by atoms with Crippen LogP contribution in [0.15, 0.2) is 24.3 Å². The van der Waals surface area contributed by atoms with Gasteiger partial charge in [0, 0.05) is 18.6 Å². The molecule has 0 spiro atoms. The van der Waals surface area contributed by atoms with E-state index in [0.717, 1.165) is 18.7 Å². The monoisotopic (exact) mass is 278 g/mol. The van der Waals surface area contributed by atoms with Crippen LogP contribution in [0.2, 0.25) is 0 Å². The molecule has 114 valence electrons. The minimum absolute atomic E-state index is 0.193. The molecule has 2 unspecified atom stereocenters. The van der Waals surface area contributed by atoms with E-state index in [1.165, 1.54) is 5.56 Å². The van der Waals surface area contributed by atoms with E-state index in [9.17, 15) is 0 Å². The fourth-order valence-corrected chi connectivity index (χ4v) is 2.60. The predicted octanol–water partition coefficient (Wildman–Crippen LogP) is 3.59. The third kappa shape index (κ3) is 4.50. The summed E-state index contributed by atoms with van der Waals surface area (Å²) in [5.41, 5.74) is 7.29. The van der Waals surface area contributed by atoms with Crippen LogP contribution in [-0.2, 0) is 0 Å². The molecule has 0 aliphatic rings. The molecule has 0 saturated heterocycles. The van der Waals surface area contributed by atoms with Gasteiger partial charge >= 0.3 is 0 Å². The summed E-state index contributed by atoms with van der Waals surface area (Å²) in [6.07, 6.45) is 1.32. The van der Waals surface area contributed by atoms with Gasteiger partial charge in [-0.05, 0) is 51.4 Å². The minimum Gasteiger partial charge on any atom is -0.491 e. The first-order valence-corrected chi connectivity index (χ1v) is 7.75. The highest BCUT2D eigenvalue weighted by Crippen LogP contribution is 2.26. The maximum atomic E-state index is 6.04. The van der Waals surface area contributed by atoms with Crippen molar-refractivity contribution in [3.63, 3.8) is 0 Å². The average molecular weight is 278 g/mol. The Morgan fingerprint density at radius 1 is 1.20 bits per heavy atom. The molecule has 0 fully saturated rings. The van der Waals surface area contributed by atoms with Crippen LogP contribution in [0.5, 0.6) is 5.75 Å². The van der Waals surface area contributed by atoms with Crippen LogP contribution in [0.25, 0.3) is 0 Å². The van der Waals surface area contributed by atoms with Crippen molar-refractivity contribution in [2.75, 3.05) is 13.1 Å². The number of nitrogens with two attached hydrogens (primary N) is 1. The Bertz CT molecular complexity index is 392. The van der Waals surface area contributed by atoms with Crippen LogP contribution in [0.4, 0.5) is 0 Å². The maximum absolute atomic E-state index is 6.04. The summed E-state index contributed by atoms with van der Waals surface area (Å²) in [4.78, 5) is 2.47. The summed E-state index contributed by atoms with van der Waals surface area (Å²) < 4.78 is 5.79. The van der Waals surface area contributed by atoms with Crippen LogP contribution in [0.3, 0.4) is 0 Å². The molecule has 0 aliphatic carbocycles. The standard InChI is InChI=1S/C17H30N2O/c1-6-14(5)19(7-2)17(12-18)15-9-8-10-16(11-15)20-13(3)4/h8-11,13-14,17H,6-7,12,18H2,1-5H3. The first-order valence-electron chi connectivity index (χ1n) is 7.75. The zero-order valence-electron chi connectivity index (χ0n) is 13.6. The quantitative estimate of drug-likeness (QED) is 0.789. The van der Waals surface area contributed by atoms with Gasteiger partial charge in [0.2, 0.25) is 0 Å². The lowest BCUT2D eigenvalue weighted by molar-refractivity contribution is 0.151. The number of hydrogen-bond acceptors (Lipinski definition) is 3. The van der Waals surface area contributed by atoms with E-state index in [-0.39, 0.29) is 12.1 Å². The van der Waals surface area contributed by atoms with Gasteiger partial charge in [-0.1, -0.05) is 26.0 Å². The molecular weight excluding hydrogens is 248 g/mol. The maximum Gasteiger partial charge on any atom is 0.120 e. The average Bonchev–Trinajstić information content (AvgIpc) is 2.43. The lowest BCUT2D eigenvalue weighted by Gasteiger charge is -2.35. The third-order valence-electron chi connectivity index (χ3n) is 3.76. The van der Waals surface area contributed by atoms with E-state index in [4.69, 9.17) is 10.5 Å². The predicted molar refractivity (Wildman–Crippen MR) is 86.1 cm³/mol. The Morgan fingerprint density at radius 3 is 2.40 bits per heavy atom. The van der Waals surface area contributed by atoms with E-state index in [1.807, 2.05) is 19.9 Å². The molecule has 3 heteroatoms. The van der Waals surface area contributed by atoms with Crippen molar-refractivity contribution in [1.82, 2.24) is 4.90 Å². The number of nitrogens with zero attached hydrogens (tertiary/aromatic N) is 1. The van der Waals surface area contributed by atoms with Crippen molar-refractivity contribution < 1.29 is 4.74 Å². The van der Waals surface area contributed by atoms with Gasteiger partial charge in [-0.25, -0.2) is 0 Å². The molecule has 0 amide bonds. The molecule has 20 heavy (non-hydrogen) atoms. The van der Waals surface area contributed by atoms with Gasteiger partial charge in [0.25, 0.3) is 0 Å². The van der Waals surface area contributed by atoms with Gasteiger partial charge in [0.05, 0.1) is 6.10 Å². The molecule has 0 radical (unpaired) electrons. The Morgan fingerprint density at radius 2 is 1.90 bits per heavy atom. The van der Waals surface area contributed by atoms with Crippen molar-refractivity contribution >= 4 is 0 Å². The normalized spacial score (nSPS) is 14.6. The second-order valence-corrected chi connectivity index (χ2v) is 5.58. The van der Waals surface area contributed by atoms with Crippen LogP contribution >= 0.6 is 0 Å². The number of benzene rings is 1. The smallest absolute Gasteiger partial charge is 0.120 e. The Kier molecular flexibility index (Phi) is 7.03. The summed E-state index contributed by atoms with van der Waals surface area (Å²) in [6.45, 7) is 12.4. The SMILES string of the molecule is CCC(C)N(CC)C(CN)c1cccc(OC(C)C)c1. The van der Waals surface area contributed by atoms with E-state index in [0.29, 0.717) is 12.6 Å². The molecule has 0 saturated carbocycles. The zero-order chi connectivity index (χ0) is 15.1. The largest absolute Gasteiger partial charge is 0.491 e. The molecule has 0 aliphatic heterocycles. The van der Waals surface area contributed by atoms with Crippen molar-refractivity contribution in [1.29, 1.82) is 0 Å². The Balaban J connectivity index is 2.98. The van der Waals surface area contributed by atoms with Gasteiger partial charge in [-0.15, -0.1) is 0 Å². The second kappa shape index (κ2) is 8.28. The molecule has 3 nitrogen and oxygen atoms in total. The van der Waals surface area contributed by atoms with E-state index in [2.05, 4.69) is 43.9 Å². The molecule has 0 aromatic heterocycles. The van der Waals surface area contributed by atoms with Crippen LogP contribution < -0.4 is 10.5 Å². The van der Waals surface area contributed by atoms with Crippen LogP contribution in [0.1, 0.15) is 52.6 Å². The zero-order valence-corrected chi connectivity index (χ0v) is 13.6. The minimum atomic E-state index is 0.193. The summed E-state index contributed by atoms with van der Waals surface area (Å²) in [5.74, 6) is 0.927. The lowest BCUT2D eigenvalue weighted by Crippen LogP contribution is -2.39. The van der Waals surface area contributed by atoms with E-state index < -0.39 is 0 Å².